The lowest BCUT2D eigenvalue weighted by atomic mass is 10.1. The lowest BCUT2D eigenvalue weighted by Crippen LogP contribution is -2.37. The minimum absolute atomic E-state index is 0.162. The van der Waals surface area contributed by atoms with Crippen LogP contribution in [0.4, 0.5) is 0 Å². The highest BCUT2D eigenvalue weighted by atomic mass is 79.9. The quantitative estimate of drug-likeness (QED) is 0.740. The van der Waals surface area contributed by atoms with Gasteiger partial charge in [0.05, 0.1) is 11.6 Å². The number of amides is 1. The Morgan fingerprint density at radius 1 is 1.25 bits per heavy atom. The number of nitrogens with one attached hydrogen (secondary N) is 1. The summed E-state index contributed by atoms with van der Waals surface area (Å²) in [7, 11) is 1.63. The minimum Gasteiger partial charge on any atom is -0.497 e. The maximum absolute atomic E-state index is 12.1. The molecule has 1 amide bonds. The van der Waals surface area contributed by atoms with E-state index in [1.165, 1.54) is 0 Å². The van der Waals surface area contributed by atoms with Gasteiger partial charge >= 0.3 is 0 Å². The summed E-state index contributed by atoms with van der Waals surface area (Å²) < 4.78 is 11.5. The van der Waals surface area contributed by atoms with Crippen LogP contribution in [-0.4, -0.2) is 25.7 Å². The maximum atomic E-state index is 12.1. The summed E-state index contributed by atoms with van der Waals surface area (Å²) in [6, 6.07) is 12.9. The molecule has 0 saturated carbocycles. The maximum Gasteiger partial charge on any atom is 0.260 e. The molecule has 2 aromatic rings. The molecule has 0 aliphatic heterocycles. The Labute approximate surface area is 155 Å². The molecular formula is C18H19BrClNO3. The van der Waals surface area contributed by atoms with E-state index in [0.717, 1.165) is 17.7 Å². The second-order valence-corrected chi connectivity index (χ2v) is 6.51. The van der Waals surface area contributed by atoms with Crippen molar-refractivity contribution in [1.29, 1.82) is 0 Å². The van der Waals surface area contributed by atoms with E-state index in [1.54, 1.807) is 32.2 Å². The highest BCUT2D eigenvalue weighted by Crippen LogP contribution is 2.28. The van der Waals surface area contributed by atoms with Gasteiger partial charge in [0, 0.05) is 11.6 Å². The third-order valence-electron chi connectivity index (χ3n) is 3.44. The van der Waals surface area contributed by atoms with Crippen LogP contribution in [0.25, 0.3) is 0 Å². The lowest BCUT2D eigenvalue weighted by Gasteiger charge is -2.16. The summed E-state index contributed by atoms with van der Waals surface area (Å²) in [5, 5.41) is 3.48. The van der Waals surface area contributed by atoms with E-state index in [-0.39, 0.29) is 5.91 Å². The molecule has 6 heteroatoms. The van der Waals surface area contributed by atoms with Crippen molar-refractivity contribution in [2.24, 2.45) is 0 Å². The number of carbonyl (C=O) groups is 1. The molecule has 0 bridgehead atoms. The SMILES string of the molecule is COc1ccc(CCNC(=O)[C@@H](C)Oc2ccc(Cl)cc2Br)cc1. The first-order valence-corrected chi connectivity index (χ1v) is 8.69. The Bertz CT molecular complexity index is 691. The lowest BCUT2D eigenvalue weighted by molar-refractivity contribution is -0.127. The summed E-state index contributed by atoms with van der Waals surface area (Å²) in [6.07, 6.45) is 0.144. The van der Waals surface area contributed by atoms with Crippen LogP contribution in [0.5, 0.6) is 11.5 Å². The average Bonchev–Trinajstić information content (AvgIpc) is 2.57. The Morgan fingerprint density at radius 3 is 2.58 bits per heavy atom. The molecular weight excluding hydrogens is 394 g/mol. The number of methoxy groups -OCH3 is 1. The van der Waals surface area contributed by atoms with E-state index < -0.39 is 6.10 Å². The molecule has 1 atom stereocenters. The molecule has 0 unspecified atom stereocenters. The van der Waals surface area contributed by atoms with Crippen molar-refractivity contribution in [3.8, 4) is 11.5 Å². The van der Waals surface area contributed by atoms with Crippen LogP contribution >= 0.6 is 27.5 Å². The molecule has 0 fully saturated rings. The van der Waals surface area contributed by atoms with Crippen molar-refractivity contribution < 1.29 is 14.3 Å². The molecule has 0 spiro atoms. The van der Waals surface area contributed by atoms with Crippen LogP contribution in [0.15, 0.2) is 46.9 Å². The fourth-order valence-electron chi connectivity index (χ4n) is 2.08. The molecule has 0 aromatic heterocycles. The molecule has 128 valence electrons. The van der Waals surface area contributed by atoms with E-state index in [9.17, 15) is 4.79 Å². The van der Waals surface area contributed by atoms with Crippen molar-refractivity contribution >= 4 is 33.4 Å². The zero-order valence-corrected chi connectivity index (χ0v) is 15.9. The summed E-state index contributed by atoms with van der Waals surface area (Å²) in [5.41, 5.74) is 1.13. The van der Waals surface area contributed by atoms with Gasteiger partial charge < -0.3 is 14.8 Å². The first-order chi connectivity index (χ1) is 11.5. The van der Waals surface area contributed by atoms with Crippen molar-refractivity contribution in [1.82, 2.24) is 5.32 Å². The van der Waals surface area contributed by atoms with Gasteiger partial charge in [0.1, 0.15) is 11.5 Å². The predicted molar refractivity (Wildman–Crippen MR) is 98.9 cm³/mol. The molecule has 24 heavy (non-hydrogen) atoms. The van der Waals surface area contributed by atoms with E-state index in [4.69, 9.17) is 21.1 Å². The Hall–Kier alpha value is -1.72. The minimum atomic E-state index is -0.599. The third kappa shape index (κ3) is 5.42. The molecule has 0 heterocycles. The number of benzene rings is 2. The smallest absolute Gasteiger partial charge is 0.260 e. The summed E-state index contributed by atoms with van der Waals surface area (Å²) in [6.45, 7) is 2.25. The average molecular weight is 413 g/mol. The second kappa shape index (κ2) is 8.94. The van der Waals surface area contributed by atoms with Gasteiger partial charge in [-0.1, -0.05) is 23.7 Å². The molecule has 2 rings (SSSR count). The van der Waals surface area contributed by atoms with Gasteiger partial charge in [-0.15, -0.1) is 0 Å². The largest absolute Gasteiger partial charge is 0.497 e. The highest BCUT2D eigenvalue weighted by Gasteiger charge is 2.15. The Balaban J connectivity index is 1.80. The highest BCUT2D eigenvalue weighted by molar-refractivity contribution is 9.10. The molecule has 0 aliphatic carbocycles. The number of hydrogen-bond acceptors (Lipinski definition) is 3. The van der Waals surface area contributed by atoms with Crippen molar-refractivity contribution in [2.45, 2.75) is 19.4 Å². The third-order valence-corrected chi connectivity index (χ3v) is 4.29. The molecule has 2 aromatic carbocycles. The van der Waals surface area contributed by atoms with Gasteiger partial charge in [0.15, 0.2) is 6.10 Å². The van der Waals surface area contributed by atoms with Gasteiger partial charge in [-0.05, 0) is 65.2 Å². The van der Waals surface area contributed by atoms with Crippen LogP contribution in [0.1, 0.15) is 12.5 Å². The topological polar surface area (TPSA) is 47.6 Å². The molecule has 1 N–H and O–H groups in total. The standard InChI is InChI=1S/C18H19BrClNO3/c1-12(24-17-8-5-14(20)11-16(17)19)18(22)21-10-9-13-3-6-15(23-2)7-4-13/h3-8,11-12H,9-10H2,1-2H3,(H,21,22)/t12-/m1/s1. The first kappa shape index (κ1) is 18.6. The van der Waals surface area contributed by atoms with E-state index in [0.29, 0.717) is 21.8 Å². The predicted octanol–water partition coefficient (Wildman–Crippen LogP) is 4.24. The van der Waals surface area contributed by atoms with Crippen molar-refractivity contribution in [2.75, 3.05) is 13.7 Å². The van der Waals surface area contributed by atoms with Gasteiger partial charge in [-0.3, -0.25) is 4.79 Å². The summed E-state index contributed by atoms with van der Waals surface area (Å²) in [4.78, 5) is 12.1. The van der Waals surface area contributed by atoms with E-state index in [1.807, 2.05) is 24.3 Å². The van der Waals surface area contributed by atoms with Crippen LogP contribution in [-0.2, 0) is 11.2 Å². The van der Waals surface area contributed by atoms with Gasteiger partial charge in [0.25, 0.3) is 5.91 Å². The summed E-state index contributed by atoms with van der Waals surface area (Å²) in [5.74, 6) is 1.24. The second-order valence-electron chi connectivity index (χ2n) is 5.22. The Kier molecular flexibility index (Phi) is 6.94. The summed E-state index contributed by atoms with van der Waals surface area (Å²) >= 11 is 9.26. The molecule has 4 nitrogen and oxygen atoms in total. The van der Waals surface area contributed by atoms with Crippen LogP contribution < -0.4 is 14.8 Å². The number of hydrogen-bond donors (Lipinski definition) is 1. The van der Waals surface area contributed by atoms with Gasteiger partial charge in [0.2, 0.25) is 0 Å². The molecule has 0 aliphatic rings. The monoisotopic (exact) mass is 411 g/mol. The zero-order chi connectivity index (χ0) is 17.5. The van der Waals surface area contributed by atoms with Crippen molar-refractivity contribution in [3.63, 3.8) is 0 Å². The van der Waals surface area contributed by atoms with Crippen LogP contribution in [0, 0.1) is 0 Å². The van der Waals surface area contributed by atoms with Crippen molar-refractivity contribution in [3.05, 3.63) is 57.5 Å². The number of carbonyl (C=O) groups excluding carboxylic acids is 1. The first-order valence-electron chi connectivity index (χ1n) is 7.52. The zero-order valence-electron chi connectivity index (χ0n) is 13.5. The van der Waals surface area contributed by atoms with Gasteiger partial charge in [-0.2, -0.15) is 0 Å². The van der Waals surface area contributed by atoms with E-state index in [2.05, 4.69) is 21.2 Å². The normalized spacial score (nSPS) is 11.7. The van der Waals surface area contributed by atoms with Crippen LogP contribution in [0.2, 0.25) is 5.02 Å². The fourth-order valence-corrected chi connectivity index (χ4v) is 2.86. The number of ether oxygens (including phenoxy) is 2. The number of rotatable bonds is 7. The van der Waals surface area contributed by atoms with Gasteiger partial charge in [-0.25, -0.2) is 0 Å². The number of halogens is 2. The van der Waals surface area contributed by atoms with E-state index >= 15 is 0 Å². The van der Waals surface area contributed by atoms with Crippen LogP contribution in [0.3, 0.4) is 0 Å². The molecule has 0 radical (unpaired) electrons. The fraction of sp³-hybridized carbons (Fsp3) is 0.278. The molecule has 0 saturated heterocycles. The Morgan fingerprint density at radius 2 is 1.96 bits per heavy atom.